The van der Waals surface area contributed by atoms with E-state index in [-0.39, 0.29) is 5.78 Å². The van der Waals surface area contributed by atoms with Crippen molar-refractivity contribution >= 4 is 11.9 Å². The van der Waals surface area contributed by atoms with E-state index in [2.05, 4.69) is 6.07 Å². The first-order valence-electron chi connectivity index (χ1n) is 7.74. The molecule has 4 rings (SSSR count). The molecule has 2 unspecified atom stereocenters. The summed E-state index contributed by atoms with van der Waals surface area (Å²) in [5.41, 5.74) is 4.13. The molecule has 2 aromatic rings. The van der Waals surface area contributed by atoms with Gasteiger partial charge in [-0.3, -0.25) is 4.79 Å². The van der Waals surface area contributed by atoms with Crippen LogP contribution in [-0.4, -0.2) is 12.9 Å². The van der Waals surface area contributed by atoms with Crippen molar-refractivity contribution in [2.24, 2.45) is 5.92 Å². The van der Waals surface area contributed by atoms with Crippen LogP contribution in [0.4, 0.5) is 0 Å². The average molecular weight is 290 g/mol. The Labute approximate surface area is 130 Å². The predicted molar refractivity (Wildman–Crippen MR) is 87.2 cm³/mol. The predicted octanol–water partition coefficient (Wildman–Crippen LogP) is 4.47. The lowest BCUT2D eigenvalue weighted by molar-refractivity contribution is 0.103. The summed E-state index contributed by atoms with van der Waals surface area (Å²) in [5.74, 6) is 2.25. The molecule has 0 spiro atoms. The van der Waals surface area contributed by atoms with Crippen LogP contribution in [0.25, 0.3) is 6.08 Å². The largest absolute Gasteiger partial charge is 0.497 e. The van der Waals surface area contributed by atoms with Crippen LogP contribution >= 0.6 is 0 Å². The van der Waals surface area contributed by atoms with Gasteiger partial charge in [-0.25, -0.2) is 0 Å². The second-order valence-corrected chi connectivity index (χ2v) is 6.17. The van der Waals surface area contributed by atoms with Crippen LogP contribution in [0, 0.1) is 5.92 Å². The summed E-state index contributed by atoms with van der Waals surface area (Å²) in [6.07, 6.45) is 4.15. The minimum Gasteiger partial charge on any atom is -0.497 e. The molecule has 0 saturated heterocycles. The second-order valence-electron chi connectivity index (χ2n) is 6.17. The molecule has 2 aromatic carbocycles. The number of carbonyl (C=O) groups is 1. The quantitative estimate of drug-likeness (QED) is 0.763. The van der Waals surface area contributed by atoms with E-state index < -0.39 is 0 Å². The minimum absolute atomic E-state index is 0.193. The molecule has 22 heavy (non-hydrogen) atoms. The van der Waals surface area contributed by atoms with Crippen molar-refractivity contribution in [3.8, 4) is 5.75 Å². The van der Waals surface area contributed by atoms with Crippen molar-refractivity contribution in [3.05, 3.63) is 70.8 Å². The number of ketones is 1. The number of hydrogen-bond acceptors (Lipinski definition) is 2. The van der Waals surface area contributed by atoms with Gasteiger partial charge in [0.2, 0.25) is 0 Å². The van der Waals surface area contributed by atoms with Crippen molar-refractivity contribution in [2.45, 2.75) is 18.8 Å². The van der Waals surface area contributed by atoms with E-state index in [0.717, 1.165) is 28.9 Å². The maximum absolute atomic E-state index is 12.8. The molecule has 1 fully saturated rings. The molecule has 0 aliphatic heterocycles. The van der Waals surface area contributed by atoms with Crippen LogP contribution in [0.3, 0.4) is 0 Å². The van der Waals surface area contributed by atoms with Gasteiger partial charge in [-0.2, -0.15) is 0 Å². The zero-order valence-electron chi connectivity index (χ0n) is 12.6. The number of rotatable bonds is 2. The molecule has 0 heterocycles. The molecule has 2 aliphatic carbocycles. The molecule has 1 saturated carbocycles. The minimum atomic E-state index is 0.193. The summed E-state index contributed by atoms with van der Waals surface area (Å²) < 4.78 is 5.18. The number of allylic oxidation sites excluding steroid dienone is 1. The third-order valence-corrected chi connectivity index (χ3v) is 4.76. The molecule has 0 radical (unpaired) electrons. The summed E-state index contributed by atoms with van der Waals surface area (Å²) in [6, 6.07) is 16.0. The third kappa shape index (κ3) is 2.25. The van der Waals surface area contributed by atoms with Crippen molar-refractivity contribution in [2.75, 3.05) is 7.11 Å². The molecule has 2 aliphatic rings. The van der Waals surface area contributed by atoms with E-state index in [1.165, 1.54) is 12.0 Å². The highest BCUT2D eigenvalue weighted by Gasteiger charge is 2.43. The normalized spacial score (nSPS) is 24.4. The van der Waals surface area contributed by atoms with E-state index in [0.29, 0.717) is 11.8 Å². The monoisotopic (exact) mass is 290 g/mol. The molecule has 0 aromatic heterocycles. The number of Topliss-reactive ketones (excluding diaryl/α,β-unsaturated/α-hetero) is 1. The fourth-order valence-corrected chi connectivity index (χ4v) is 3.46. The first-order valence-corrected chi connectivity index (χ1v) is 7.74. The van der Waals surface area contributed by atoms with Gasteiger partial charge < -0.3 is 4.74 Å². The van der Waals surface area contributed by atoms with E-state index >= 15 is 0 Å². The van der Waals surface area contributed by atoms with Crippen LogP contribution < -0.4 is 4.74 Å². The standard InChI is InChI=1S/C20H18O2/c1-22-16-8-6-13(7-9-16)10-15-11-14-12-19(14)17-4-2-3-5-18(17)20(15)21/h2-10,14,19H,11-12H2,1H3/b15-10+. The van der Waals surface area contributed by atoms with Gasteiger partial charge in [-0.15, -0.1) is 0 Å². The highest BCUT2D eigenvalue weighted by atomic mass is 16.5. The fourth-order valence-electron chi connectivity index (χ4n) is 3.46. The molecule has 0 N–H and O–H groups in total. The Kier molecular flexibility index (Phi) is 3.11. The van der Waals surface area contributed by atoms with Crippen LogP contribution in [0.5, 0.6) is 5.75 Å². The summed E-state index contributed by atoms with van der Waals surface area (Å²) in [6.45, 7) is 0. The van der Waals surface area contributed by atoms with Gasteiger partial charge in [0.05, 0.1) is 7.11 Å². The molecular weight excluding hydrogens is 272 g/mol. The van der Waals surface area contributed by atoms with Gasteiger partial charge >= 0.3 is 0 Å². The van der Waals surface area contributed by atoms with Gasteiger partial charge in [0.25, 0.3) is 0 Å². The molecule has 2 heteroatoms. The number of benzene rings is 2. The van der Waals surface area contributed by atoms with Gasteiger partial charge in [0, 0.05) is 11.1 Å². The van der Waals surface area contributed by atoms with Gasteiger partial charge in [0.15, 0.2) is 5.78 Å². The van der Waals surface area contributed by atoms with Crippen molar-refractivity contribution in [1.82, 2.24) is 0 Å². The van der Waals surface area contributed by atoms with Gasteiger partial charge in [0.1, 0.15) is 5.75 Å². The number of hydrogen-bond donors (Lipinski definition) is 0. The Hall–Kier alpha value is -2.35. The topological polar surface area (TPSA) is 26.3 Å². The van der Waals surface area contributed by atoms with E-state index in [1.807, 2.05) is 48.5 Å². The van der Waals surface area contributed by atoms with E-state index in [4.69, 9.17) is 4.74 Å². The van der Waals surface area contributed by atoms with Crippen molar-refractivity contribution in [3.63, 3.8) is 0 Å². The maximum atomic E-state index is 12.8. The Morgan fingerprint density at radius 3 is 2.64 bits per heavy atom. The molecular formula is C20H18O2. The summed E-state index contributed by atoms with van der Waals surface area (Å²) in [7, 11) is 1.66. The number of carbonyl (C=O) groups excluding carboxylic acids is 1. The van der Waals surface area contributed by atoms with Crippen LogP contribution in [0.2, 0.25) is 0 Å². The van der Waals surface area contributed by atoms with Crippen LogP contribution in [0.15, 0.2) is 54.1 Å². The number of fused-ring (bicyclic) bond motifs is 3. The highest BCUT2D eigenvalue weighted by molar-refractivity contribution is 6.12. The van der Waals surface area contributed by atoms with Gasteiger partial charge in [-0.05, 0) is 54.0 Å². The SMILES string of the molecule is COc1ccc(/C=C2\CC3CC3c3ccccc3C2=O)cc1. The van der Waals surface area contributed by atoms with Crippen molar-refractivity contribution in [1.29, 1.82) is 0 Å². The summed E-state index contributed by atoms with van der Waals surface area (Å²) >= 11 is 0. The lowest BCUT2D eigenvalue weighted by Crippen LogP contribution is -2.04. The highest BCUT2D eigenvalue weighted by Crippen LogP contribution is 2.54. The lowest BCUT2D eigenvalue weighted by Gasteiger charge is -2.07. The number of methoxy groups -OCH3 is 1. The molecule has 2 atom stereocenters. The molecule has 0 bridgehead atoms. The van der Waals surface area contributed by atoms with E-state index in [1.54, 1.807) is 7.11 Å². The third-order valence-electron chi connectivity index (χ3n) is 4.76. The smallest absolute Gasteiger partial charge is 0.189 e. The van der Waals surface area contributed by atoms with Crippen LogP contribution in [-0.2, 0) is 0 Å². The zero-order valence-corrected chi connectivity index (χ0v) is 12.6. The number of ether oxygens (including phenoxy) is 1. The second kappa shape index (κ2) is 5.13. The lowest BCUT2D eigenvalue weighted by atomic mass is 9.96. The Balaban J connectivity index is 1.72. The van der Waals surface area contributed by atoms with E-state index in [9.17, 15) is 4.79 Å². The van der Waals surface area contributed by atoms with Gasteiger partial charge in [-0.1, -0.05) is 36.4 Å². The zero-order chi connectivity index (χ0) is 15.1. The Morgan fingerprint density at radius 2 is 1.86 bits per heavy atom. The molecule has 2 nitrogen and oxygen atoms in total. The first-order chi connectivity index (χ1) is 10.8. The molecule has 0 amide bonds. The van der Waals surface area contributed by atoms with Crippen LogP contribution in [0.1, 0.15) is 40.2 Å². The fraction of sp³-hybridized carbons (Fsp3) is 0.250. The summed E-state index contributed by atoms with van der Waals surface area (Å²) in [5, 5.41) is 0. The Morgan fingerprint density at radius 1 is 1.09 bits per heavy atom. The average Bonchev–Trinajstić information content (AvgIpc) is 3.33. The summed E-state index contributed by atoms with van der Waals surface area (Å²) in [4.78, 5) is 12.8. The van der Waals surface area contributed by atoms with Crippen molar-refractivity contribution < 1.29 is 9.53 Å². The first kappa shape index (κ1) is 13.3. The molecule has 110 valence electrons. The maximum Gasteiger partial charge on any atom is 0.189 e. The Bertz CT molecular complexity index is 756.